The van der Waals surface area contributed by atoms with Gasteiger partial charge in [-0.2, -0.15) is 0 Å². The Balaban J connectivity index is 2.86. The third-order valence-electron chi connectivity index (χ3n) is 2.66. The summed E-state index contributed by atoms with van der Waals surface area (Å²) in [5.74, 6) is -1.81. The van der Waals surface area contributed by atoms with Gasteiger partial charge >= 0.3 is 17.9 Å². The summed E-state index contributed by atoms with van der Waals surface area (Å²) in [4.78, 5) is 33.0. The van der Waals surface area contributed by atoms with Crippen molar-refractivity contribution in [2.45, 2.75) is 50.2 Å². The molecule has 0 saturated carbocycles. The summed E-state index contributed by atoms with van der Waals surface area (Å²) < 4.78 is 20.2. The Labute approximate surface area is 129 Å². The van der Waals surface area contributed by atoms with Crippen LogP contribution in [0.4, 0.5) is 0 Å². The molecule has 1 heterocycles. The van der Waals surface area contributed by atoms with Crippen LogP contribution >= 0.6 is 15.9 Å². The fourth-order valence-electron chi connectivity index (χ4n) is 1.87. The molecule has 120 valence electrons. The molecule has 9 heteroatoms. The van der Waals surface area contributed by atoms with Crippen LogP contribution in [0.1, 0.15) is 20.8 Å². The van der Waals surface area contributed by atoms with Crippen molar-refractivity contribution in [3.05, 3.63) is 0 Å². The molecule has 1 N–H and O–H groups in total. The second-order valence-corrected chi connectivity index (χ2v) is 5.37. The first-order chi connectivity index (χ1) is 9.72. The molecular formula is C12H17BrO8. The molecule has 8 nitrogen and oxygen atoms in total. The molecule has 0 aromatic carbocycles. The SMILES string of the molecule is CC(=O)OCC1OC(Br)[C@@H](OC(C)=O)C(O)C1OC(C)=O. The first-order valence-electron chi connectivity index (χ1n) is 6.17. The number of carbonyl (C=O) groups excluding carboxylic acids is 3. The van der Waals surface area contributed by atoms with Crippen LogP contribution in [0.25, 0.3) is 0 Å². The van der Waals surface area contributed by atoms with Gasteiger partial charge in [-0.15, -0.1) is 0 Å². The van der Waals surface area contributed by atoms with Gasteiger partial charge in [0.05, 0.1) is 0 Å². The Morgan fingerprint density at radius 1 is 1.05 bits per heavy atom. The minimum atomic E-state index is -1.32. The van der Waals surface area contributed by atoms with Gasteiger partial charge in [0.25, 0.3) is 0 Å². The maximum absolute atomic E-state index is 11.1. The summed E-state index contributed by atoms with van der Waals surface area (Å²) in [5, 5.41) is 9.40. The minimum absolute atomic E-state index is 0.209. The van der Waals surface area contributed by atoms with E-state index >= 15 is 0 Å². The van der Waals surface area contributed by atoms with Crippen molar-refractivity contribution in [2.24, 2.45) is 0 Å². The minimum Gasteiger partial charge on any atom is -0.463 e. The van der Waals surface area contributed by atoms with Crippen LogP contribution in [0.15, 0.2) is 0 Å². The van der Waals surface area contributed by atoms with Crippen LogP contribution in [-0.2, 0) is 33.3 Å². The summed E-state index contributed by atoms with van der Waals surface area (Å²) >= 11 is 3.12. The standard InChI is InChI=1S/C12H17BrO8/c1-5(14)18-4-8-10(19-6(2)15)9(17)11(12(13)21-8)20-7(3)16/h8-12,17H,4H2,1-3H3/t8?,9?,10?,11-,12?/m0/s1. The number of rotatable bonds is 4. The maximum Gasteiger partial charge on any atom is 0.303 e. The van der Waals surface area contributed by atoms with E-state index in [0.717, 1.165) is 6.92 Å². The normalized spacial score (nSPS) is 32.1. The highest BCUT2D eigenvalue weighted by atomic mass is 79.9. The van der Waals surface area contributed by atoms with E-state index in [0.29, 0.717) is 0 Å². The molecule has 0 radical (unpaired) electrons. The van der Waals surface area contributed by atoms with Gasteiger partial charge in [-0.3, -0.25) is 14.4 Å². The van der Waals surface area contributed by atoms with Gasteiger partial charge in [0.2, 0.25) is 0 Å². The number of hydrogen-bond donors (Lipinski definition) is 1. The highest BCUT2D eigenvalue weighted by molar-refractivity contribution is 9.09. The predicted molar refractivity (Wildman–Crippen MR) is 71.3 cm³/mol. The van der Waals surface area contributed by atoms with E-state index < -0.39 is 47.3 Å². The zero-order chi connectivity index (χ0) is 16.2. The Kier molecular flexibility index (Phi) is 6.56. The number of aliphatic hydroxyl groups is 1. The van der Waals surface area contributed by atoms with Crippen molar-refractivity contribution in [3.63, 3.8) is 0 Å². The monoisotopic (exact) mass is 368 g/mol. The Hall–Kier alpha value is -1.19. The lowest BCUT2D eigenvalue weighted by Gasteiger charge is -2.41. The zero-order valence-corrected chi connectivity index (χ0v) is 13.4. The number of alkyl halides is 1. The number of carbonyl (C=O) groups is 3. The third-order valence-corrected chi connectivity index (χ3v) is 3.39. The molecule has 0 aromatic heterocycles. The van der Waals surface area contributed by atoms with E-state index in [1.807, 2.05) is 0 Å². The molecule has 1 aliphatic heterocycles. The van der Waals surface area contributed by atoms with Gasteiger partial charge in [0.1, 0.15) is 18.8 Å². The molecule has 0 aromatic rings. The Morgan fingerprint density at radius 3 is 2.05 bits per heavy atom. The van der Waals surface area contributed by atoms with E-state index in [-0.39, 0.29) is 6.61 Å². The number of halogens is 1. The first-order valence-corrected chi connectivity index (χ1v) is 7.09. The van der Waals surface area contributed by atoms with Crippen LogP contribution < -0.4 is 0 Å². The molecule has 0 amide bonds. The molecule has 1 rings (SSSR count). The predicted octanol–water partition coefficient (Wildman–Crippen LogP) is -0.106. The molecule has 1 aliphatic rings. The molecule has 0 spiro atoms. The van der Waals surface area contributed by atoms with Gasteiger partial charge in [-0.1, -0.05) is 15.9 Å². The Bertz CT molecular complexity index is 410. The van der Waals surface area contributed by atoms with Crippen LogP contribution in [-0.4, -0.2) is 59.1 Å². The molecule has 0 bridgehead atoms. The summed E-state index contributed by atoms with van der Waals surface area (Å²) in [6.45, 7) is 3.35. The van der Waals surface area contributed by atoms with Crippen LogP contribution in [0.2, 0.25) is 0 Å². The van der Waals surface area contributed by atoms with Gasteiger partial charge in [-0.05, 0) is 0 Å². The molecule has 5 atom stereocenters. The van der Waals surface area contributed by atoms with Crippen molar-refractivity contribution in [1.29, 1.82) is 0 Å². The van der Waals surface area contributed by atoms with E-state index in [9.17, 15) is 19.5 Å². The van der Waals surface area contributed by atoms with Gasteiger partial charge < -0.3 is 24.1 Å². The van der Waals surface area contributed by atoms with Crippen molar-refractivity contribution >= 4 is 33.8 Å². The summed E-state index contributed by atoms with van der Waals surface area (Å²) in [5.41, 5.74) is 0. The second-order valence-electron chi connectivity index (χ2n) is 4.47. The Morgan fingerprint density at radius 2 is 1.57 bits per heavy atom. The van der Waals surface area contributed by atoms with E-state index in [4.69, 9.17) is 18.9 Å². The zero-order valence-electron chi connectivity index (χ0n) is 11.8. The lowest BCUT2D eigenvalue weighted by atomic mass is 10.00. The van der Waals surface area contributed by atoms with Crippen molar-refractivity contribution in [1.82, 2.24) is 0 Å². The van der Waals surface area contributed by atoms with Gasteiger partial charge in [-0.25, -0.2) is 0 Å². The molecule has 0 aliphatic carbocycles. The van der Waals surface area contributed by atoms with E-state index in [1.54, 1.807) is 0 Å². The first kappa shape index (κ1) is 17.9. The van der Waals surface area contributed by atoms with Gasteiger partial charge in [0, 0.05) is 20.8 Å². The molecule has 1 saturated heterocycles. The average molecular weight is 369 g/mol. The number of ether oxygens (including phenoxy) is 4. The largest absolute Gasteiger partial charge is 0.463 e. The lowest BCUT2D eigenvalue weighted by Crippen LogP contribution is -2.59. The topological polar surface area (TPSA) is 108 Å². The number of hydrogen-bond acceptors (Lipinski definition) is 8. The van der Waals surface area contributed by atoms with E-state index in [2.05, 4.69) is 15.9 Å². The fourth-order valence-corrected chi connectivity index (χ4v) is 2.57. The summed E-state index contributed by atoms with van der Waals surface area (Å²) in [6.07, 6.45) is -4.39. The second kappa shape index (κ2) is 7.71. The van der Waals surface area contributed by atoms with Gasteiger partial charge in [0.15, 0.2) is 17.2 Å². The average Bonchev–Trinajstić information content (AvgIpc) is 2.35. The fraction of sp³-hybridized carbons (Fsp3) is 0.750. The molecule has 4 unspecified atom stereocenters. The molecule has 1 fully saturated rings. The molecular weight excluding hydrogens is 352 g/mol. The van der Waals surface area contributed by atoms with Crippen molar-refractivity contribution < 1.29 is 38.4 Å². The van der Waals surface area contributed by atoms with Crippen molar-refractivity contribution in [3.8, 4) is 0 Å². The molecule has 21 heavy (non-hydrogen) atoms. The third kappa shape index (κ3) is 5.25. The van der Waals surface area contributed by atoms with E-state index in [1.165, 1.54) is 13.8 Å². The quantitative estimate of drug-likeness (QED) is 0.416. The summed E-state index contributed by atoms with van der Waals surface area (Å²) in [7, 11) is 0. The van der Waals surface area contributed by atoms with Crippen LogP contribution in [0, 0.1) is 0 Å². The lowest BCUT2D eigenvalue weighted by molar-refractivity contribution is -0.228. The smallest absolute Gasteiger partial charge is 0.303 e. The van der Waals surface area contributed by atoms with Crippen molar-refractivity contribution in [2.75, 3.05) is 6.61 Å². The number of aliphatic hydroxyl groups excluding tert-OH is 1. The maximum atomic E-state index is 11.1. The number of esters is 3. The highest BCUT2D eigenvalue weighted by Crippen LogP contribution is 2.29. The van der Waals surface area contributed by atoms with Crippen LogP contribution in [0.5, 0.6) is 0 Å². The highest BCUT2D eigenvalue weighted by Gasteiger charge is 2.48. The van der Waals surface area contributed by atoms with Crippen LogP contribution in [0.3, 0.4) is 0 Å². The summed E-state index contributed by atoms with van der Waals surface area (Å²) in [6, 6.07) is 0.